The average molecular weight is 250 g/mol. The Morgan fingerprint density at radius 3 is 2.79 bits per heavy atom. The minimum Gasteiger partial charge on any atom is -0.291 e. The Labute approximate surface area is 97.7 Å². The number of thioether (sulfide) groups is 3. The summed E-state index contributed by atoms with van der Waals surface area (Å²) in [6.45, 7) is 3.40. The van der Waals surface area contributed by atoms with Crippen molar-refractivity contribution >= 4 is 46.0 Å². The van der Waals surface area contributed by atoms with E-state index in [9.17, 15) is 9.59 Å². The number of carbonyl (C=O) groups is 2. The Balaban J connectivity index is 3.56. The molecular weight excluding hydrogens is 236 g/mol. The zero-order valence-corrected chi connectivity index (χ0v) is 10.6. The minimum atomic E-state index is 0.0212. The van der Waals surface area contributed by atoms with Crippen molar-refractivity contribution in [2.75, 3.05) is 17.8 Å². The number of carbonyl (C=O) groups excluding carboxylic acids is 2. The topological polar surface area (TPSA) is 34.1 Å². The lowest BCUT2D eigenvalue weighted by atomic mass is 10.4. The van der Waals surface area contributed by atoms with Crippen LogP contribution in [0.3, 0.4) is 0 Å². The Morgan fingerprint density at radius 1 is 1.57 bits per heavy atom. The van der Waals surface area contributed by atoms with E-state index < -0.39 is 0 Å². The summed E-state index contributed by atoms with van der Waals surface area (Å²) in [7, 11) is 0. The van der Waals surface area contributed by atoms with Gasteiger partial charge in [-0.05, 0) is 18.8 Å². The molecule has 0 aromatic rings. The molecule has 0 fully saturated rings. The molecule has 0 aromatic heterocycles. The van der Waals surface area contributed by atoms with Gasteiger partial charge in [0.05, 0.1) is 0 Å². The van der Waals surface area contributed by atoms with Crippen LogP contribution in [0.4, 0.5) is 0 Å². The molecule has 1 atom stereocenters. The second kappa shape index (κ2) is 9.68. The Hall–Kier alpha value is 0.130. The van der Waals surface area contributed by atoms with Gasteiger partial charge in [0.15, 0.2) is 5.62 Å². The maximum Gasteiger partial charge on any atom is 0.211 e. The summed E-state index contributed by atoms with van der Waals surface area (Å²) in [5, 5.41) is 0.475. The average Bonchev–Trinajstić information content (AvgIpc) is 2.22. The molecule has 0 rings (SSSR count). The van der Waals surface area contributed by atoms with Gasteiger partial charge in [0.1, 0.15) is 0 Å². The van der Waals surface area contributed by atoms with Gasteiger partial charge in [0.2, 0.25) is 5.12 Å². The molecule has 0 aliphatic heterocycles. The van der Waals surface area contributed by atoms with Crippen molar-refractivity contribution in [3.8, 4) is 0 Å². The van der Waals surface area contributed by atoms with Crippen LogP contribution in [-0.2, 0) is 9.59 Å². The van der Waals surface area contributed by atoms with Crippen LogP contribution in [0.1, 0.15) is 6.42 Å². The van der Waals surface area contributed by atoms with Crippen LogP contribution in [0.15, 0.2) is 12.7 Å². The predicted molar refractivity (Wildman–Crippen MR) is 68.8 cm³/mol. The molecule has 0 radical (unpaired) electrons. The molecule has 0 bridgehead atoms. The molecule has 1 unspecified atom stereocenters. The molecule has 0 amide bonds. The fourth-order valence-corrected chi connectivity index (χ4v) is 3.23. The van der Waals surface area contributed by atoms with Gasteiger partial charge in [0.25, 0.3) is 0 Å². The van der Waals surface area contributed by atoms with Crippen molar-refractivity contribution in [3.63, 3.8) is 0 Å². The normalized spacial score (nSPS) is 12.1. The lowest BCUT2D eigenvalue weighted by molar-refractivity contribution is -0.107. The van der Waals surface area contributed by atoms with E-state index in [0.29, 0.717) is 5.25 Å². The van der Waals surface area contributed by atoms with Crippen molar-refractivity contribution < 1.29 is 9.59 Å². The fraction of sp³-hybridized carbons (Fsp3) is 0.556. The second-order valence-corrected chi connectivity index (χ2v) is 5.54. The highest BCUT2D eigenvalue weighted by molar-refractivity contribution is 8.14. The van der Waals surface area contributed by atoms with Crippen LogP contribution in [-0.4, -0.2) is 33.7 Å². The molecule has 0 heterocycles. The maximum absolute atomic E-state index is 10.9. The summed E-state index contributed by atoms with van der Waals surface area (Å²) in [6.07, 6.45) is 4.31. The summed E-state index contributed by atoms with van der Waals surface area (Å²) in [4.78, 5) is 21.0. The molecule has 5 heteroatoms. The molecule has 0 saturated heterocycles. The van der Waals surface area contributed by atoms with Crippen molar-refractivity contribution in [2.24, 2.45) is 0 Å². The van der Waals surface area contributed by atoms with Crippen LogP contribution in [0.25, 0.3) is 0 Å². The van der Waals surface area contributed by atoms with E-state index in [1.54, 1.807) is 11.8 Å². The molecule has 2 nitrogen and oxygen atoms in total. The molecule has 80 valence electrons. The molecule has 0 aliphatic rings. The van der Waals surface area contributed by atoms with E-state index in [4.69, 9.17) is 0 Å². The molecule has 0 aromatic carbocycles. The molecule has 0 N–H and O–H groups in total. The highest BCUT2D eigenvalue weighted by Gasteiger charge is 2.07. The van der Waals surface area contributed by atoms with E-state index >= 15 is 0 Å². The van der Waals surface area contributed by atoms with E-state index in [-0.39, 0.29) is 5.12 Å². The summed E-state index contributed by atoms with van der Waals surface area (Å²) >= 11 is 4.31. The van der Waals surface area contributed by atoms with Gasteiger partial charge in [-0.15, -0.1) is 0 Å². The maximum atomic E-state index is 10.9. The van der Waals surface area contributed by atoms with Gasteiger partial charge in [-0.25, -0.2) is 0 Å². The SMILES string of the molecule is C=CC(=O)SCCC(CSC=O)SC. The summed E-state index contributed by atoms with van der Waals surface area (Å²) in [6, 6.07) is 0. The van der Waals surface area contributed by atoms with E-state index in [2.05, 4.69) is 6.58 Å². The largest absolute Gasteiger partial charge is 0.291 e. The Bertz CT molecular complexity index is 194. The first-order chi connectivity index (χ1) is 6.74. The first kappa shape index (κ1) is 14.1. The van der Waals surface area contributed by atoms with Gasteiger partial charge in [-0.2, -0.15) is 11.8 Å². The lowest BCUT2D eigenvalue weighted by Gasteiger charge is -2.10. The third kappa shape index (κ3) is 7.53. The second-order valence-electron chi connectivity index (χ2n) is 2.45. The first-order valence-corrected chi connectivity index (χ1v) is 7.44. The number of hydrogen-bond donors (Lipinski definition) is 0. The smallest absolute Gasteiger partial charge is 0.211 e. The minimum absolute atomic E-state index is 0.0212. The summed E-state index contributed by atoms with van der Waals surface area (Å²) < 4.78 is 0. The number of hydrogen-bond acceptors (Lipinski definition) is 5. The Morgan fingerprint density at radius 2 is 2.29 bits per heavy atom. The van der Waals surface area contributed by atoms with Crippen LogP contribution in [0, 0.1) is 0 Å². The van der Waals surface area contributed by atoms with Crippen molar-refractivity contribution in [2.45, 2.75) is 11.7 Å². The lowest BCUT2D eigenvalue weighted by Crippen LogP contribution is -2.07. The summed E-state index contributed by atoms with van der Waals surface area (Å²) in [5.41, 5.74) is 0.866. The number of rotatable bonds is 8. The summed E-state index contributed by atoms with van der Waals surface area (Å²) in [5.74, 6) is 1.63. The molecule has 0 spiro atoms. The van der Waals surface area contributed by atoms with Gasteiger partial charge in [-0.1, -0.05) is 30.1 Å². The van der Waals surface area contributed by atoms with Crippen molar-refractivity contribution in [3.05, 3.63) is 12.7 Å². The van der Waals surface area contributed by atoms with E-state index in [0.717, 1.165) is 23.5 Å². The first-order valence-electron chi connectivity index (χ1n) is 4.11. The van der Waals surface area contributed by atoms with Crippen molar-refractivity contribution in [1.82, 2.24) is 0 Å². The van der Waals surface area contributed by atoms with Gasteiger partial charge in [-0.3, -0.25) is 9.59 Å². The molecular formula is C9H14O2S3. The third-order valence-electron chi connectivity index (χ3n) is 1.53. The van der Waals surface area contributed by atoms with Gasteiger partial charge >= 0.3 is 0 Å². The van der Waals surface area contributed by atoms with Crippen LogP contribution in [0.2, 0.25) is 0 Å². The zero-order chi connectivity index (χ0) is 10.8. The highest BCUT2D eigenvalue weighted by Crippen LogP contribution is 2.18. The highest BCUT2D eigenvalue weighted by atomic mass is 32.2. The van der Waals surface area contributed by atoms with Gasteiger partial charge in [0, 0.05) is 16.8 Å². The third-order valence-corrected chi connectivity index (χ3v) is 4.44. The monoisotopic (exact) mass is 250 g/mol. The van der Waals surface area contributed by atoms with Crippen LogP contribution >= 0.6 is 35.3 Å². The zero-order valence-electron chi connectivity index (χ0n) is 8.10. The van der Waals surface area contributed by atoms with Crippen LogP contribution < -0.4 is 0 Å². The molecule has 14 heavy (non-hydrogen) atoms. The standard InChI is InChI=1S/C9H14O2S3/c1-3-9(11)14-5-4-8(12-2)6-13-7-10/h3,7-8H,1,4-6H2,2H3. The fourth-order valence-electron chi connectivity index (χ4n) is 0.766. The molecule has 0 saturated carbocycles. The van der Waals surface area contributed by atoms with E-state index in [1.807, 2.05) is 6.26 Å². The van der Waals surface area contributed by atoms with Crippen molar-refractivity contribution in [1.29, 1.82) is 0 Å². The predicted octanol–water partition coefficient (Wildman–Crippen LogP) is 2.48. The Kier molecular flexibility index (Phi) is 9.77. The van der Waals surface area contributed by atoms with E-state index in [1.165, 1.54) is 29.6 Å². The van der Waals surface area contributed by atoms with Gasteiger partial charge < -0.3 is 0 Å². The quantitative estimate of drug-likeness (QED) is 0.488. The molecule has 0 aliphatic carbocycles. The van der Waals surface area contributed by atoms with Crippen LogP contribution in [0.5, 0.6) is 0 Å².